The summed E-state index contributed by atoms with van der Waals surface area (Å²) in [6.45, 7) is -0.233. The number of hydrogen-bond donors (Lipinski definition) is 1. The summed E-state index contributed by atoms with van der Waals surface area (Å²) >= 11 is 1.26. The van der Waals surface area contributed by atoms with E-state index >= 15 is 0 Å². The summed E-state index contributed by atoms with van der Waals surface area (Å²) in [6, 6.07) is 14.2. The van der Waals surface area contributed by atoms with E-state index in [9.17, 15) is 14.4 Å². The molecule has 1 spiro atoms. The minimum Gasteiger partial charge on any atom is -0.497 e. The van der Waals surface area contributed by atoms with E-state index in [2.05, 4.69) is 0 Å². The second-order valence-corrected chi connectivity index (χ2v) is 7.40. The molecule has 0 radical (unpaired) electrons. The molecule has 2 aliphatic heterocycles. The molecule has 2 aromatic rings. The largest absolute Gasteiger partial charge is 0.497 e. The van der Waals surface area contributed by atoms with Gasteiger partial charge in [-0.3, -0.25) is 24.2 Å². The average Bonchev–Trinajstić information content (AvgIpc) is 3.13. The standard InChI is InChI=1S/C19H17N3O4S/c1-26-13-8-6-12(7-9-13)22-17(24)11-27-19(22)14-4-2-3-5-15(14)21(18(19)25)10-16(20)23/h2-9H,10-11H2,1H3,(H2,20,23)/t19-/m1/s1. The lowest BCUT2D eigenvalue weighted by Gasteiger charge is -2.33. The summed E-state index contributed by atoms with van der Waals surface area (Å²) in [5.74, 6) is -0.305. The van der Waals surface area contributed by atoms with E-state index in [1.54, 1.807) is 43.5 Å². The number of carbonyl (C=O) groups excluding carboxylic acids is 3. The molecular formula is C19H17N3O4S. The van der Waals surface area contributed by atoms with Gasteiger partial charge in [0, 0.05) is 11.3 Å². The van der Waals surface area contributed by atoms with Gasteiger partial charge in [0.2, 0.25) is 16.7 Å². The highest BCUT2D eigenvalue weighted by molar-refractivity contribution is 8.02. The van der Waals surface area contributed by atoms with Gasteiger partial charge < -0.3 is 10.5 Å². The molecular weight excluding hydrogens is 366 g/mol. The van der Waals surface area contributed by atoms with Crippen LogP contribution < -0.4 is 20.3 Å². The topological polar surface area (TPSA) is 92.9 Å². The van der Waals surface area contributed by atoms with E-state index in [0.29, 0.717) is 22.7 Å². The zero-order valence-electron chi connectivity index (χ0n) is 14.5. The van der Waals surface area contributed by atoms with Crippen molar-refractivity contribution in [3.05, 3.63) is 54.1 Å². The van der Waals surface area contributed by atoms with Crippen LogP contribution in [0.4, 0.5) is 11.4 Å². The summed E-state index contributed by atoms with van der Waals surface area (Å²) in [4.78, 5) is 39.4. The van der Waals surface area contributed by atoms with Gasteiger partial charge in [-0.25, -0.2) is 0 Å². The number of fused-ring (bicyclic) bond motifs is 2. The monoisotopic (exact) mass is 383 g/mol. The molecule has 0 saturated carbocycles. The van der Waals surface area contributed by atoms with Crippen LogP contribution in [-0.2, 0) is 19.3 Å². The Morgan fingerprint density at radius 3 is 2.56 bits per heavy atom. The number of ether oxygens (including phenoxy) is 1. The van der Waals surface area contributed by atoms with E-state index in [4.69, 9.17) is 10.5 Å². The van der Waals surface area contributed by atoms with Gasteiger partial charge in [-0.05, 0) is 30.3 Å². The quantitative estimate of drug-likeness (QED) is 0.863. The lowest BCUT2D eigenvalue weighted by Crippen LogP contribution is -2.51. The van der Waals surface area contributed by atoms with Gasteiger partial charge in [-0.1, -0.05) is 18.2 Å². The van der Waals surface area contributed by atoms with Gasteiger partial charge in [0.1, 0.15) is 12.3 Å². The molecule has 0 bridgehead atoms. The summed E-state index contributed by atoms with van der Waals surface area (Å²) < 4.78 is 5.18. The van der Waals surface area contributed by atoms with Crippen molar-refractivity contribution in [3.63, 3.8) is 0 Å². The van der Waals surface area contributed by atoms with Gasteiger partial charge in [-0.15, -0.1) is 11.8 Å². The number of amides is 3. The van der Waals surface area contributed by atoms with Gasteiger partial charge in [-0.2, -0.15) is 0 Å². The minimum atomic E-state index is -1.24. The number of carbonyl (C=O) groups is 3. The van der Waals surface area contributed by atoms with Gasteiger partial charge in [0.25, 0.3) is 5.91 Å². The van der Waals surface area contributed by atoms with Crippen LogP contribution in [0.1, 0.15) is 5.56 Å². The fraction of sp³-hybridized carbons (Fsp3) is 0.211. The number of primary amides is 1. The van der Waals surface area contributed by atoms with Crippen LogP contribution >= 0.6 is 11.8 Å². The maximum Gasteiger partial charge on any atom is 0.269 e. The lowest BCUT2D eigenvalue weighted by molar-refractivity contribution is -0.125. The van der Waals surface area contributed by atoms with Crippen LogP contribution in [0.3, 0.4) is 0 Å². The Hall–Kier alpha value is -3.00. The van der Waals surface area contributed by atoms with E-state index in [0.717, 1.165) is 0 Å². The van der Waals surface area contributed by atoms with Crippen molar-refractivity contribution in [1.82, 2.24) is 0 Å². The molecule has 2 aliphatic rings. The number of hydrogen-bond acceptors (Lipinski definition) is 5. The molecule has 2 heterocycles. The van der Waals surface area contributed by atoms with Crippen molar-refractivity contribution in [2.45, 2.75) is 4.87 Å². The molecule has 2 N–H and O–H groups in total. The van der Waals surface area contributed by atoms with Crippen LogP contribution in [0.25, 0.3) is 0 Å². The van der Waals surface area contributed by atoms with Gasteiger partial charge >= 0.3 is 0 Å². The molecule has 8 heteroatoms. The van der Waals surface area contributed by atoms with Crippen LogP contribution in [0.2, 0.25) is 0 Å². The minimum absolute atomic E-state index is 0.163. The summed E-state index contributed by atoms with van der Waals surface area (Å²) in [5, 5.41) is 0. The first-order chi connectivity index (χ1) is 13.0. The van der Waals surface area contributed by atoms with Gasteiger partial charge in [0.05, 0.1) is 18.6 Å². The molecule has 1 atom stereocenters. The smallest absolute Gasteiger partial charge is 0.269 e. The Kier molecular flexibility index (Phi) is 4.07. The van der Waals surface area contributed by atoms with E-state index < -0.39 is 10.8 Å². The molecule has 0 aliphatic carbocycles. The zero-order valence-corrected chi connectivity index (χ0v) is 15.4. The Labute approximate surface area is 160 Å². The Morgan fingerprint density at radius 2 is 1.89 bits per heavy atom. The van der Waals surface area contributed by atoms with Crippen molar-refractivity contribution in [1.29, 1.82) is 0 Å². The molecule has 4 rings (SSSR count). The Balaban J connectivity index is 1.87. The number of thioether (sulfide) groups is 1. The maximum absolute atomic E-state index is 13.5. The highest BCUT2D eigenvalue weighted by atomic mass is 32.2. The summed E-state index contributed by atoms with van der Waals surface area (Å²) in [5.41, 5.74) is 7.22. The van der Waals surface area contributed by atoms with Gasteiger partial charge in [0.15, 0.2) is 0 Å². The first kappa shape index (κ1) is 17.4. The fourth-order valence-electron chi connectivity index (χ4n) is 3.60. The SMILES string of the molecule is COc1ccc(N2C(=O)CS[C@]23C(=O)N(CC(N)=O)c2ccccc23)cc1. The number of para-hydroxylation sites is 1. The number of rotatable bonds is 4. The molecule has 1 fully saturated rings. The number of methoxy groups -OCH3 is 1. The van der Waals surface area contributed by atoms with Crippen molar-refractivity contribution in [2.24, 2.45) is 5.73 Å². The van der Waals surface area contributed by atoms with Crippen LogP contribution in [0.15, 0.2) is 48.5 Å². The predicted octanol–water partition coefficient (Wildman–Crippen LogP) is 1.46. The molecule has 138 valence electrons. The number of benzene rings is 2. The van der Waals surface area contributed by atoms with E-state index in [1.165, 1.54) is 21.6 Å². The third kappa shape index (κ3) is 2.48. The summed E-state index contributed by atoms with van der Waals surface area (Å²) in [6.07, 6.45) is 0. The molecule has 0 unspecified atom stereocenters. The fourth-order valence-corrected chi connectivity index (χ4v) is 4.96. The first-order valence-electron chi connectivity index (χ1n) is 8.30. The highest BCUT2D eigenvalue weighted by Crippen LogP contribution is 2.55. The average molecular weight is 383 g/mol. The third-order valence-corrected chi connectivity index (χ3v) is 6.09. The first-order valence-corrected chi connectivity index (χ1v) is 9.28. The molecule has 27 heavy (non-hydrogen) atoms. The second kappa shape index (κ2) is 6.31. The van der Waals surface area contributed by atoms with Crippen molar-refractivity contribution in [2.75, 3.05) is 29.2 Å². The van der Waals surface area contributed by atoms with Crippen LogP contribution in [0, 0.1) is 0 Å². The molecule has 2 aromatic carbocycles. The van der Waals surface area contributed by atoms with Crippen molar-refractivity contribution in [3.8, 4) is 5.75 Å². The van der Waals surface area contributed by atoms with Crippen molar-refractivity contribution < 1.29 is 19.1 Å². The lowest BCUT2D eigenvalue weighted by atomic mass is 10.0. The number of nitrogens with zero attached hydrogens (tertiary/aromatic N) is 2. The summed E-state index contributed by atoms with van der Waals surface area (Å²) in [7, 11) is 1.56. The Bertz CT molecular complexity index is 946. The Morgan fingerprint density at radius 1 is 1.19 bits per heavy atom. The van der Waals surface area contributed by atoms with E-state index in [1.807, 2.05) is 12.1 Å². The number of anilines is 2. The predicted molar refractivity (Wildman–Crippen MR) is 103 cm³/mol. The van der Waals surface area contributed by atoms with Crippen LogP contribution in [-0.4, -0.2) is 37.1 Å². The molecule has 3 amide bonds. The molecule has 0 aromatic heterocycles. The van der Waals surface area contributed by atoms with Crippen molar-refractivity contribution >= 4 is 40.9 Å². The third-order valence-electron chi connectivity index (χ3n) is 4.71. The molecule has 1 saturated heterocycles. The maximum atomic E-state index is 13.5. The second-order valence-electron chi connectivity index (χ2n) is 6.23. The van der Waals surface area contributed by atoms with Crippen LogP contribution in [0.5, 0.6) is 5.75 Å². The normalized spacial score (nSPS) is 21.1. The highest BCUT2D eigenvalue weighted by Gasteiger charge is 2.61. The number of nitrogens with two attached hydrogens (primary N) is 1. The van der Waals surface area contributed by atoms with E-state index in [-0.39, 0.29) is 24.1 Å². The molecule has 7 nitrogen and oxygen atoms in total. The zero-order chi connectivity index (χ0) is 19.2.